The first-order chi connectivity index (χ1) is 6.42. The Labute approximate surface area is 87.7 Å². The fourth-order valence-electron chi connectivity index (χ4n) is 1.36. The summed E-state index contributed by atoms with van der Waals surface area (Å²) in [7, 11) is -3.98. The molecule has 1 radical (unpaired) electrons. The lowest BCUT2D eigenvalue weighted by Gasteiger charge is -2.03. The molecular formula is C10H21O3S. The molecule has 85 valence electrons. The van der Waals surface area contributed by atoms with Gasteiger partial charge in [0.05, 0.1) is 5.75 Å². The van der Waals surface area contributed by atoms with Crippen LogP contribution < -0.4 is 0 Å². The van der Waals surface area contributed by atoms with E-state index in [1.165, 1.54) is 12.8 Å². The second kappa shape index (κ2) is 7.23. The fourth-order valence-corrected chi connectivity index (χ4v) is 1.92. The van der Waals surface area contributed by atoms with Gasteiger partial charge in [0.15, 0.2) is 0 Å². The van der Waals surface area contributed by atoms with Gasteiger partial charge in [-0.15, -0.1) is 0 Å². The molecule has 14 heavy (non-hydrogen) atoms. The van der Waals surface area contributed by atoms with Crippen LogP contribution in [-0.2, 0) is 14.7 Å². The second-order valence-electron chi connectivity index (χ2n) is 4.21. The smallest absolute Gasteiger partial charge is 0.197 e. The van der Waals surface area contributed by atoms with Crippen molar-refractivity contribution in [1.29, 1.82) is 0 Å². The normalized spacial score (nSPS) is 12.3. The molecule has 0 rings (SSSR count). The van der Waals surface area contributed by atoms with Crippen molar-refractivity contribution in [3.63, 3.8) is 0 Å². The average Bonchev–Trinajstić information content (AvgIpc) is 2.00. The molecule has 0 aliphatic rings. The van der Waals surface area contributed by atoms with Gasteiger partial charge in [0.2, 0.25) is 0 Å². The lowest BCUT2D eigenvalue weighted by Crippen LogP contribution is -2.01. The average molecular weight is 221 g/mol. The summed E-state index contributed by atoms with van der Waals surface area (Å²) in [4.78, 5) is 0. The molecule has 0 aromatic heterocycles. The molecule has 4 heteroatoms. The van der Waals surface area contributed by atoms with Crippen molar-refractivity contribution in [3.05, 3.63) is 0 Å². The summed E-state index contributed by atoms with van der Waals surface area (Å²) in [5.41, 5.74) is 0. The van der Waals surface area contributed by atoms with Crippen LogP contribution in [-0.4, -0.2) is 14.2 Å². The Morgan fingerprint density at radius 2 is 1.43 bits per heavy atom. The molecule has 0 unspecified atom stereocenters. The fraction of sp³-hybridized carbons (Fsp3) is 1.00. The highest BCUT2D eigenvalue weighted by Crippen LogP contribution is 2.10. The molecular weight excluding hydrogens is 200 g/mol. The Kier molecular flexibility index (Phi) is 7.19. The number of unbranched alkanes of at least 4 members (excludes halogenated alkanes) is 4. The van der Waals surface area contributed by atoms with Crippen LogP contribution in [0.3, 0.4) is 0 Å². The molecule has 0 N–H and O–H groups in total. The highest BCUT2D eigenvalue weighted by molar-refractivity contribution is 7.85. The zero-order chi connectivity index (χ0) is 11.0. The van der Waals surface area contributed by atoms with Crippen LogP contribution in [0.5, 0.6) is 0 Å². The van der Waals surface area contributed by atoms with Gasteiger partial charge in [0.25, 0.3) is 10.1 Å². The van der Waals surface area contributed by atoms with Crippen LogP contribution in [0.15, 0.2) is 0 Å². The predicted octanol–water partition coefficient (Wildman–Crippen LogP) is 2.74. The molecule has 0 spiro atoms. The number of hydrogen-bond donors (Lipinski definition) is 0. The van der Waals surface area contributed by atoms with E-state index >= 15 is 0 Å². The third-order valence-electron chi connectivity index (χ3n) is 2.18. The highest BCUT2D eigenvalue weighted by atomic mass is 32.2. The van der Waals surface area contributed by atoms with Crippen LogP contribution in [0.2, 0.25) is 0 Å². The number of rotatable bonds is 8. The van der Waals surface area contributed by atoms with E-state index in [9.17, 15) is 13.0 Å². The Balaban J connectivity index is 3.15. The van der Waals surface area contributed by atoms with E-state index in [1.54, 1.807) is 0 Å². The van der Waals surface area contributed by atoms with E-state index in [1.807, 2.05) is 0 Å². The van der Waals surface area contributed by atoms with Gasteiger partial charge in [0, 0.05) is 0 Å². The van der Waals surface area contributed by atoms with Gasteiger partial charge in [0.1, 0.15) is 0 Å². The molecule has 0 saturated carbocycles. The van der Waals surface area contributed by atoms with Gasteiger partial charge in [-0.05, 0) is 12.3 Å². The first-order valence-electron chi connectivity index (χ1n) is 5.35. The molecule has 0 aromatic carbocycles. The van der Waals surface area contributed by atoms with Crippen molar-refractivity contribution in [3.8, 4) is 0 Å². The molecule has 0 heterocycles. The Morgan fingerprint density at radius 1 is 0.929 bits per heavy atom. The molecule has 0 fully saturated rings. The topological polar surface area (TPSA) is 54.0 Å². The Bertz CT molecular complexity index is 220. The van der Waals surface area contributed by atoms with Crippen LogP contribution in [0.4, 0.5) is 0 Å². The van der Waals surface area contributed by atoms with Crippen molar-refractivity contribution in [1.82, 2.24) is 0 Å². The van der Waals surface area contributed by atoms with Crippen LogP contribution in [0.25, 0.3) is 0 Å². The molecule has 0 aliphatic heterocycles. The van der Waals surface area contributed by atoms with Gasteiger partial charge < -0.3 is 0 Å². The Morgan fingerprint density at radius 3 is 1.93 bits per heavy atom. The first kappa shape index (κ1) is 13.9. The summed E-state index contributed by atoms with van der Waals surface area (Å²) in [6.45, 7) is 4.40. The van der Waals surface area contributed by atoms with Gasteiger partial charge in [-0.3, -0.25) is 0 Å². The lowest BCUT2D eigenvalue weighted by molar-refractivity contribution is 0.411. The highest BCUT2D eigenvalue weighted by Gasteiger charge is 2.05. The van der Waals surface area contributed by atoms with E-state index < -0.39 is 10.1 Å². The van der Waals surface area contributed by atoms with Crippen molar-refractivity contribution in [2.45, 2.75) is 52.4 Å². The van der Waals surface area contributed by atoms with Gasteiger partial charge in [-0.25, -0.2) is 0 Å². The zero-order valence-electron chi connectivity index (χ0n) is 9.16. The molecule has 0 bridgehead atoms. The molecule has 0 aliphatic carbocycles. The van der Waals surface area contributed by atoms with Crippen LogP contribution in [0.1, 0.15) is 52.4 Å². The Hall–Kier alpha value is -0.0900. The standard InChI is InChI=1S/C10H21O3S/c1-10(2)8-6-4-3-5-7-9-14(11,12)13/h10H,3-9H2,1-2H3. The first-order valence-corrected chi connectivity index (χ1v) is 6.93. The van der Waals surface area contributed by atoms with E-state index in [4.69, 9.17) is 0 Å². The summed E-state index contributed by atoms with van der Waals surface area (Å²) in [5.74, 6) is 0.550. The lowest BCUT2D eigenvalue weighted by atomic mass is 10.0. The minimum atomic E-state index is -3.98. The quantitative estimate of drug-likeness (QED) is 0.592. The number of hydrogen-bond acceptors (Lipinski definition) is 2. The maximum absolute atomic E-state index is 10.3. The zero-order valence-corrected chi connectivity index (χ0v) is 9.98. The molecule has 0 aromatic rings. The van der Waals surface area contributed by atoms with E-state index in [0.717, 1.165) is 25.2 Å². The van der Waals surface area contributed by atoms with E-state index in [0.29, 0.717) is 6.42 Å². The summed E-state index contributed by atoms with van der Waals surface area (Å²) in [6, 6.07) is 0. The third kappa shape index (κ3) is 11.9. The van der Waals surface area contributed by atoms with Crippen LogP contribution >= 0.6 is 0 Å². The predicted molar refractivity (Wildman–Crippen MR) is 57.0 cm³/mol. The van der Waals surface area contributed by atoms with Crippen molar-refractivity contribution >= 4 is 10.1 Å². The van der Waals surface area contributed by atoms with E-state index in [-0.39, 0.29) is 5.75 Å². The molecule has 0 amide bonds. The summed E-state index contributed by atoms with van der Waals surface area (Å²) >= 11 is 0. The largest absolute Gasteiger partial charge is 0.294 e. The second-order valence-corrected chi connectivity index (χ2v) is 5.74. The van der Waals surface area contributed by atoms with Gasteiger partial charge >= 0.3 is 0 Å². The van der Waals surface area contributed by atoms with Crippen molar-refractivity contribution in [2.24, 2.45) is 5.92 Å². The monoisotopic (exact) mass is 221 g/mol. The third-order valence-corrected chi connectivity index (χ3v) is 2.96. The molecule has 3 nitrogen and oxygen atoms in total. The minimum absolute atomic E-state index is 0.197. The van der Waals surface area contributed by atoms with Gasteiger partial charge in [-0.2, -0.15) is 8.42 Å². The minimum Gasteiger partial charge on any atom is -0.197 e. The SMILES string of the molecule is CC(C)CCCCCCCS([O])(=O)=O. The van der Waals surface area contributed by atoms with Crippen molar-refractivity contribution in [2.75, 3.05) is 5.75 Å². The van der Waals surface area contributed by atoms with E-state index in [2.05, 4.69) is 13.8 Å². The maximum Gasteiger partial charge on any atom is 0.294 e. The van der Waals surface area contributed by atoms with Gasteiger partial charge in [-0.1, -0.05) is 50.5 Å². The summed E-state index contributed by atoms with van der Waals surface area (Å²) < 4.78 is 30.8. The molecule has 0 atom stereocenters. The molecule has 0 saturated heterocycles. The summed E-state index contributed by atoms with van der Waals surface area (Å²) in [6.07, 6.45) is 6.02. The van der Waals surface area contributed by atoms with Crippen LogP contribution in [0, 0.1) is 5.92 Å². The van der Waals surface area contributed by atoms with Crippen molar-refractivity contribution < 1.29 is 13.0 Å². The maximum atomic E-state index is 10.3. The summed E-state index contributed by atoms with van der Waals surface area (Å²) in [5, 5.41) is 0.